The van der Waals surface area contributed by atoms with E-state index in [2.05, 4.69) is 5.32 Å². The smallest absolute Gasteiger partial charge is 0.225 e. The number of anilines is 1. The van der Waals surface area contributed by atoms with Crippen LogP contribution in [0.4, 0.5) is 5.69 Å². The summed E-state index contributed by atoms with van der Waals surface area (Å²) >= 11 is 0. The molecule has 0 bridgehead atoms. The van der Waals surface area contributed by atoms with Gasteiger partial charge in [-0.1, -0.05) is 0 Å². The Morgan fingerprint density at radius 1 is 1.29 bits per heavy atom. The molecule has 0 saturated heterocycles. The number of methoxy groups -OCH3 is 1. The van der Waals surface area contributed by atoms with Crippen molar-refractivity contribution in [3.8, 4) is 5.75 Å². The van der Waals surface area contributed by atoms with Crippen LogP contribution in [0.5, 0.6) is 5.75 Å². The predicted octanol–water partition coefficient (Wildman–Crippen LogP) is 1.69. The second kappa shape index (κ2) is 7.42. The number of hydrogen-bond acceptors (Lipinski definition) is 4. The van der Waals surface area contributed by atoms with Gasteiger partial charge in [0.1, 0.15) is 5.75 Å². The van der Waals surface area contributed by atoms with E-state index in [0.29, 0.717) is 11.4 Å². The lowest BCUT2D eigenvalue weighted by atomic mass is 10.3. The van der Waals surface area contributed by atoms with E-state index >= 15 is 0 Å². The van der Waals surface area contributed by atoms with Gasteiger partial charge in [0.2, 0.25) is 15.9 Å². The quantitative estimate of drug-likeness (QED) is 0.831. The molecule has 0 heterocycles. The number of nitrogens with one attached hydrogen (secondary N) is 1. The highest BCUT2D eigenvalue weighted by atomic mass is 32.2. The number of hydrogen-bond donors (Lipinski definition) is 1. The third kappa shape index (κ3) is 5.73. The average molecular weight is 314 g/mol. The number of benzene rings is 1. The van der Waals surface area contributed by atoms with Crippen LogP contribution in [0.25, 0.3) is 0 Å². The van der Waals surface area contributed by atoms with Crippen molar-refractivity contribution in [2.24, 2.45) is 0 Å². The van der Waals surface area contributed by atoms with E-state index in [-0.39, 0.29) is 24.9 Å². The molecule has 21 heavy (non-hydrogen) atoms. The molecular weight excluding hydrogens is 292 g/mol. The van der Waals surface area contributed by atoms with E-state index in [1.807, 2.05) is 0 Å². The first-order valence-corrected chi connectivity index (χ1v) is 8.49. The summed E-state index contributed by atoms with van der Waals surface area (Å²) in [5.74, 6) is 0.477. The molecule has 0 unspecified atom stereocenters. The van der Waals surface area contributed by atoms with Crippen LogP contribution in [0.1, 0.15) is 20.3 Å². The van der Waals surface area contributed by atoms with Crippen molar-refractivity contribution in [3.05, 3.63) is 24.3 Å². The lowest BCUT2D eigenvalue weighted by Gasteiger charge is -2.23. The maximum absolute atomic E-state index is 11.9. The number of carbonyl (C=O) groups excluding carboxylic acids is 1. The highest BCUT2D eigenvalue weighted by Crippen LogP contribution is 2.15. The van der Waals surface area contributed by atoms with Gasteiger partial charge in [-0.05, 0) is 38.1 Å². The third-order valence-electron chi connectivity index (χ3n) is 2.93. The second-order valence-corrected chi connectivity index (χ2v) is 6.93. The van der Waals surface area contributed by atoms with Gasteiger partial charge in [-0.3, -0.25) is 4.79 Å². The molecule has 0 radical (unpaired) electrons. The van der Waals surface area contributed by atoms with Crippen LogP contribution in [-0.2, 0) is 14.8 Å². The zero-order valence-electron chi connectivity index (χ0n) is 12.8. The number of carbonyl (C=O) groups is 1. The molecule has 6 nitrogen and oxygen atoms in total. The van der Waals surface area contributed by atoms with Crippen LogP contribution in [0.3, 0.4) is 0 Å². The summed E-state index contributed by atoms with van der Waals surface area (Å²) < 4.78 is 29.5. The van der Waals surface area contributed by atoms with E-state index in [9.17, 15) is 13.2 Å². The number of ether oxygens (including phenoxy) is 1. The number of amides is 1. The fourth-order valence-corrected chi connectivity index (χ4v) is 3.11. The van der Waals surface area contributed by atoms with Crippen molar-refractivity contribution >= 4 is 21.6 Å². The van der Waals surface area contributed by atoms with Crippen LogP contribution < -0.4 is 10.1 Å². The Labute approximate surface area is 126 Å². The zero-order valence-corrected chi connectivity index (χ0v) is 13.6. The normalized spacial score (nSPS) is 11.7. The largest absolute Gasteiger partial charge is 0.497 e. The predicted molar refractivity (Wildman–Crippen MR) is 82.9 cm³/mol. The first-order chi connectivity index (χ1) is 9.74. The van der Waals surface area contributed by atoms with Gasteiger partial charge in [0.05, 0.1) is 13.4 Å². The molecule has 0 spiro atoms. The Balaban J connectivity index is 2.56. The van der Waals surface area contributed by atoms with Gasteiger partial charge in [0, 0.05) is 24.7 Å². The molecule has 1 aromatic carbocycles. The molecular formula is C14H22N2O4S. The zero-order chi connectivity index (χ0) is 16.0. The monoisotopic (exact) mass is 314 g/mol. The minimum absolute atomic E-state index is 0.108. The molecule has 0 aromatic heterocycles. The van der Waals surface area contributed by atoms with Gasteiger partial charge in [-0.15, -0.1) is 0 Å². The van der Waals surface area contributed by atoms with Crippen LogP contribution in [0.2, 0.25) is 0 Å². The molecule has 0 atom stereocenters. The maximum atomic E-state index is 11.9. The van der Waals surface area contributed by atoms with E-state index in [1.165, 1.54) is 4.31 Å². The Morgan fingerprint density at radius 2 is 1.86 bits per heavy atom. The molecule has 0 saturated carbocycles. The van der Waals surface area contributed by atoms with Gasteiger partial charge < -0.3 is 10.1 Å². The highest BCUT2D eigenvalue weighted by molar-refractivity contribution is 7.88. The van der Waals surface area contributed by atoms with Gasteiger partial charge in [-0.25, -0.2) is 8.42 Å². The fourth-order valence-electron chi connectivity index (χ4n) is 1.92. The summed E-state index contributed by atoms with van der Waals surface area (Å²) in [5, 5.41) is 2.72. The van der Waals surface area contributed by atoms with E-state index in [1.54, 1.807) is 45.2 Å². The van der Waals surface area contributed by atoms with Gasteiger partial charge in [-0.2, -0.15) is 4.31 Å². The minimum atomic E-state index is -3.30. The number of rotatable bonds is 7. The molecule has 1 amide bonds. The van der Waals surface area contributed by atoms with E-state index < -0.39 is 10.0 Å². The van der Waals surface area contributed by atoms with Crippen molar-refractivity contribution in [1.29, 1.82) is 0 Å². The summed E-state index contributed by atoms with van der Waals surface area (Å²) in [6.07, 6.45) is 1.26. The average Bonchev–Trinajstić information content (AvgIpc) is 2.37. The topological polar surface area (TPSA) is 75.7 Å². The van der Waals surface area contributed by atoms with Crippen molar-refractivity contribution < 1.29 is 17.9 Å². The Kier molecular flexibility index (Phi) is 6.17. The first-order valence-electron chi connectivity index (χ1n) is 6.64. The fraction of sp³-hybridized carbons (Fsp3) is 0.500. The molecule has 1 N–H and O–H groups in total. The molecule has 0 aliphatic carbocycles. The summed E-state index contributed by atoms with van der Waals surface area (Å²) in [6.45, 7) is 3.73. The molecule has 118 valence electrons. The first kappa shape index (κ1) is 17.5. The van der Waals surface area contributed by atoms with Crippen molar-refractivity contribution in [2.45, 2.75) is 26.3 Å². The Bertz CT molecular complexity index is 567. The molecule has 1 aromatic rings. The highest BCUT2D eigenvalue weighted by Gasteiger charge is 2.20. The molecule has 1 rings (SSSR count). The summed E-state index contributed by atoms with van der Waals surface area (Å²) in [6, 6.07) is 6.77. The second-order valence-electron chi connectivity index (χ2n) is 4.99. The molecule has 0 aliphatic rings. The van der Waals surface area contributed by atoms with Gasteiger partial charge in [0.25, 0.3) is 0 Å². The molecule has 7 heteroatoms. The number of nitrogens with zero attached hydrogens (tertiary/aromatic N) is 1. The standard InChI is InChI=1S/C14H22N2O4S/c1-11(2)16(21(4,18)19)10-9-14(17)15-12-5-7-13(20-3)8-6-12/h5-8,11H,9-10H2,1-4H3,(H,15,17). The summed E-state index contributed by atoms with van der Waals surface area (Å²) in [7, 11) is -1.74. The van der Waals surface area contributed by atoms with Gasteiger partial charge in [0.15, 0.2) is 0 Å². The maximum Gasteiger partial charge on any atom is 0.225 e. The van der Waals surface area contributed by atoms with Gasteiger partial charge >= 0.3 is 0 Å². The summed E-state index contributed by atoms with van der Waals surface area (Å²) in [5.41, 5.74) is 0.649. The SMILES string of the molecule is COc1ccc(NC(=O)CCN(C(C)C)S(C)(=O)=O)cc1. The number of sulfonamides is 1. The van der Waals surface area contributed by atoms with Crippen LogP contribution in [0.15, 0.2) is 24.3 Å². The molecule has 0 aliphatic heterocycles. The Hall–Kier alpha value is -1.60. The summed E-state index contributed by atoms with van der Waals surface area (Å²) in [4.78, 5) is 11.9. The van der Waals surface area contributed by atoms with Crippen molar-refractivity contribution in [3.63, 3.8) is 0 Å². The van der Waals surface area contributed by atoms with Crippen molar-refractivity contribution in [2.75, 3.05) is 25.2 Å². The molecule has 0 fully saturated rings. The van der Waals surface area contributed by atoms with E-state index in [4.69, 9.17) is 4.74 Å². The lowest BCUT2D eigenvalue weighted by molar-refractivity contribution is -0.116. The minimum Gasteiger partial charge on any atom is -0.497 e. The van der Waals surface area contributed by atoms with Crippen molar-refractivity contribution in [1.82, 2.24) is 4.31 Å². The van der Waals surface area contributed by atoms with Crippen LogP contribution >= 0.6 is 0 Å². The van der Waals surface area contributed by atoms with Crippen LogP contribution in [-0.4, -0.2) is 44.6 Å². The lowest BCUT2D eigenvalue weighted by Crippen LogP contribution is -2.38. The Morgan fingerprint density at radius 3 is 2.29 bits per heavy atom. The van der Waals surface area contributed by atoms with Crippen LogP contribution in [0, 0.1) is 0 Å². The third-order valence-corrected chi connectivity index (χ3v) is 4.39. The van der Waals surface area contributed by atoms with E-state index in [0.717, 1.165) is 6.26 Å².